The van der Waals surface area contributed by atoms with Crippen LogP contribution in [0.15, 0.2) is 83.8 Å². The molecule has 8 nitrogen and oxygen atoms in total. The predicted octanol–water partition coefficient (Wildman–Crippen LogP) is 2.54. The van der Waals surface area contributed by atoms with Gasteiger partial charge in [0.2, 0.25) is 0 Å². The Morgan fingerprint density at radius 3 is 1.93 bits per heavy atom. The van der Waals surface area contributed by atoms with Crippen LogP contribution in [-0.2, 0) is 10.0 Å². The van der Waals surface area contributed by atoms with Crippen molar-refractivity contribution in [3.8, 4) is 0 Å². The summed E-state index contributed by atoms with van der Waals surface area (Å²) < 4.78 is 28.0. The van der Waals surface area contributed by atoms with Gasteiger partial charge >= 0.3 is 0 Å². The van der Waals surface area contributed by atoms with E-state index in [0.717, 1.165) is 0 Å². The number of benzene rings is 3. The number of para-hydroxylation sites is 2. The number of rotatable bonds is 6. The zero-order chi connectivity index (χ0) is 21.1. The SMILES string of the molecule is O=C([O-])c1ccc(Nc2nc3ccccc3nc2NS(=O)(=O)c2ccccc2)cc1. The lowest BCUT2D eigenvalue weighted by Crippen LogP contribution is -2.21. The van der Waals surface area contributed by atoms with Crippen LogP contribution in [0.2, 0.25) is 0 Å². The molecule has 0 radical (unpaired) electrons. The molecule has 0 aliphatic heterocycles. The Bertz CT molecular complexity index is 1320. The summed E-state index contributed by atoms with van der Waals surface area (Å²) in [6, 6.07) is 20.8. The summed E-state index contributed by atoms with van der Waals surface area (Å²) in [6.45, 7) is 0. The van der Waals surface area contributed by atoms with E-state index in [9.17, 15) is 18.3 Å². The van der Waals surface area contributed by atoms with E-state index in [2.05, 4.69) is 20.0 Å². The quantitative estimate of drug-likeness (QED) is 0.492. The first kappa shape index (κ1) is 19.3. The summed E-state index contributed by atoms with van der Waals surface area (Å²) in [7, 11) is -3.89. The summed E-state index contributed by atoms with van der Waals surface area (Å²) in [6.07, 6.45) is 0. The molecule has 9 heteroatoms. The van der Waals surface area contributed by atoms with Gasteiger partial charge in [-0.2, -0.15) is 0 Å². The minimum absolute atomic E-state index is 0.0153. The minimum atomic E-state index is -3.89. The van der Waals surface area contributed by atoms with Gasteiger partial charge in [0, 0.05) is 5.69 Å². The van der Waals surface area contributed by atoms with Crippen LogP contribution in [0.25, 0.3) is 11.0 Å². The molecule has 0 aliphatic carbocycles. The average molecular weight is 419 g/mol. The van der Waals surface area contributed by atoms with Gasteiger partial charge in [0.25, 0.3) is 10.0 Å². The van der Waals surface area contributed by atoms with Crippen molar-refractivity contribution in [3.63, 3.8) is 0 Å². The van der Waals surface area contributed by atoms with Crippen LogP contribution >= 0.6 is 0 Å². The number of nitrogens with zero attached hydrogens (tertiary/aromatic N) is 2. The van der Waals surface area contributed by atoms with Crippen LogP contribution in [0.5, 0.6) is 0 Å². The molecule has 0 bridgehead atoms. The average Bonchev–Trinajstić information content (AvgIpc) is 2.75. The second-order valence-corrected chi connectivity index (χ2v) is 8.00. The monoisotopic (exact) mass is 419 g/mol. The highest BCUT2D eigenvalue weighted by Gasteiger charge is 2.18. The third kappa shape index (κ3) is 4.06. The maximum atomic E-state index is 12.8. The van der Waals surface area contributed by atoms with Gasteiger partial charge in [0.05, 0.1) is 21.9 Å². The smallest absolute Gasteiger partial charge is 0.263 e. The van der Waals surface area contributed by atoms with Crippen molar-refractivity contribution < 1.29 is 18.3 Å². The normalized spacial score (nSPS) is 11.2. The van der Waals surface area contributed by atoms with Crippen molar-refractivity contribution in [1.29, 1.82) is 0 Å². The van der Waals surface area contributed by atoms with Crippen molar-refractivity contribution >= 4 is 44.3 Å². The summed E-state index contributed by atoms with van der Waals surface area (Å²) >= 11 is 0. The van der Waals surface area contributed by atoms with Gasteiger partial charge in [-0.25, -0.2) is 18.4 Å². The lowest BCUT2D eigenvalue weighted by atomic mass is 10.2. The van der Waals surface area contributed by atoms with Gasteiger partial charge in [-0.15, -0.1) is 0 Å². The summed E-state index contributed by atoms with van der Waals surface area (Å²) in [5.41, 5.74) is 1.61. The Labute approximate surface area is 172 Å². The van der Waals surface area contributed by atoms with Crippen molar-refractivity contribution in [2.45, 2.75) is 4.90 Å². The van der Waals surface area contributed by atoms with E-state index in [1.54, 1.807) is 42.5 Å². The number of aromatic nitrogens is 2. The second-order valence-electron chi connectivity index (χ2n) is 6.32. The first-order valence-corrected chi connectivity index (χ1v) is 10.3. The third-order valence-electron chi connectivity index (χ3n) is 4.24. The molecule has 4 rings (SSSR count). The van der Waals surface area contributed by atoms with E-state index < -0.39 is 16.0 Å². The van der Waals surface area contributed by atoms with Crippen molar-refractivity contribution in [2.75, 3.05) is 10.0 Å². The molecular weight excluding hydrogens is 404 g/mol. The molecule has 0 amide bonds. The molecule has 0 saturated heterocycles. The second kappa shape index (κ2) is 7.80. The standard InChI is InChI=1S/C21H16N4O4S/c26-21(27)14-10-12-15(13-11-14)22-19-20(24-18-9-5-4-8-17(18)23-19)25-30(28,29)16-6-2-1-3-7-16/h1-13H,(H,22,23)(H,24,25)(H,26,27)/p-1. The molecule has 0 unspecified atom stereocenters. The molecule has 2 N–H and O–H groups in total. The van der Waals surface area contributed by atoms with Gasteiger partial charge in [0.15, 0.2) is 11.6 Å². The molecule has 0 aliphatic rings. The summed E-state index contributed by atoms with van der Waals surface area (Å²) in [5, 5.41) is 13.9. The van der Waals surface area contributed by atoms with E-state index >= 15 is 0 Å². The fourth-order valence-corrected chi connectivity index (χ4v) is 3.80. The molecule has 30 heavy (non-hydrogen) atoms. The van der Waals surface area contributed by atoms with E-state index in [1.165, 1.54) is 36.4 Å². The fraction of sp³-hybridized carbons (Fsp3) is 0. The summed E-state index contributed by atoms with van der Waals surface area (Å²) in [4.78, 5) is 19.9. The lowest BCUT2D eigenvalue weighted by molar-refractivity contribution is -0.255. The molecule has 0 fully saturated rings. The fourth-order valence-electron chi connectivity index (χ4n) is 2.77. The van der Waals surface area contributed by atoms with Crippen LogP contribution in [-0.4, -0.2) is 24.4 Å². The first-order chi connectivity index (χ1) is 14.4. The molecule has 0 atom stereocenters. The zero-order valence-corrected chi connectivity index (χ0v) is 16.3. The van der Waals surface area contributed by atoms with Crippen LogP contribution in [0, 0.1) is 0 Å². The van der Waals surface area contributed by atoms with Crippen molar-refractivity contribution in [3.05, 3.63) is 84.4 Å². The number of fused-ring (bicyclic) bond motifs is 1. The van der Waals surface area contributed by atoms with E-state index in [-0.39, 0.29) is 22.1 Å². The zero-order valence-electron chi connectivity index (χ0n) is 15.4. The Morgan fingerprint density at radius 1 is 0.767 bits per heavy atom. The predicted molar refractivity (Wildman–Crippen MR) is 111 cm³/mol. The number of nitrogens with one attached hydrogen (secondary N) is 2. The van der Waals surface area contributed by atoms with E-state index in [0.29, 0.717) is 16.7 Å². The molecule has 150 valence electrons. The number of carboxylic acid groups (broad SMARTS) is 1. The number of sulfonamides is 1. The topological polar surface area (TPSA) is 124 Å². The van der Waals surface area contributed by atoms with Crippen molar-refractivity contribution in [1.82, 2.24) is 9.97 Å². The number of carboxylic acids is 1. The van der Waals surface area contributed by atoms with E-state index in [1.807, 2.05) is 0 Å². The van der Waals surface area contributed by atoms with Gasteiger partial charge in [-0.3, -0.25) is 4.72 Å². The molecule has 3 aromatic carbocycles. The maximum absolute atomic E-state index is 12.8. The maximum Gasteiger partial charge on any atom is 0.263 e. The molecule has 0 spiro atoms. The first-order valence-electron chi connectivity index (χ1n) is 8.85. The Balaban J connectivity index is 1.75. The van der Waals surface area contributed by atoms with Crippen LogP contribution in [0.3, 0.4) is 0 Å². The minimum Gasteiger partial charge on any atom is -0.545 e. The third-order valence-corrected chi connectivity index (χ3v) is 5.59. The van der Waals surface area contributed by atoms with Crippen LogP contribution < -0.4 is 15.1 Å². The molecule has 0 saturated carbocycles. The highest BCUT2D eigenvalue weighted by atomic mass is 32.2. The molecule has 1 aromatic heterocycles. The van der Waals surface area contributed by atoms with Gasteiger partial charge in [0.1, 0.15) is 0 Å². The number of carbonyl (C=O) groups is 1. The molecule has 4 aromatic rings. The van der Waals surface area contributed by atoms with Crippen LogP contribution in [0.1, 0.15) is 10.4 Å². The van der Waals surface area contributed by atoms with Gasteiger partial charge < -0.3 is 15.2 Å². The number of carbonyl (C=O) groups excluding carboxylic acids is 1. The lowest BCUT2D eigenvalue weighted by Gasteiger charge is -2.14. The van der Waals surface area contributed by atoms with Crippen LogP contribution in [0.4, 0.5) is 17.3 Å². The summed E-state index contributed by atoms with van der Waals surface area (Å²) in [5.74, 6) is -1.10. The number of anilines is 3. The van der Waals surface area contributed by atoms with Crippen molar-refractivity contribution in [2.24, 2.45) is 0 Å². The highest BCUT2D eigenvalue weighted by Crippen LogP contribution is 2.27. The van der Waals surface area contributed by atoms with Gasteiger partial charge in [-0.1, -0.05) is 42.5 Å². The van der Waals surface area contributed by atoms with Gasteiger partial charge in [-0.05, 0) is 42.0 Å². The Hall–Kier alpha value is -3.98. The molecular formula is C21H15N4O4S-. The highest BCUT2D eigenvalue weighted by molar-refractivity contribution is 7.92. The van der Waals surface area contributed by atoms with E-state index in [4.69, 9.17) is 0 Å². The number of hydrogen-bond acceptors (Lipinski definition) is 7. The Morgan fingerprint density at radius 2 is 1.33 bits per heavy atom. The molecule has 1 heterocycles. The number of aromatic carboxylic acids is 1. The largest absolute Gasteiger partial charge is 0.545 e. The Kier molecular flexibility index (Phi) is 5.03. The number of hydrogen-bond donors (Lipinski definition) is 2.